The minimum absolute atomic E-state index is 0.0456. The Labute approximate surface area is 113 Å². The molecular formula is C15H22N2O2. The van der Waals surface area contributed by atoms with E-state index in [0.717, 1.165) is 12.3 Å². The van der Waals surface area contributed by atoms with Gasteiger partial charge in [-0.25, -0.2) is 0 Å². The minimum Gasteiger partial charge on any atom is -0.325 e. The number of nitrogens with zero attached hydrogens (tertiary/aromatic N) is 1. The van der Waals surface area contributed by atoms with Gasteiger partial charge in [0.05, 0.1) is 5.69 Å². The van der Waals surface area contributed by atoms with Crippen molar-refractivity contribution < 1.29 is 4.79 Å². The molecule has 0 aromatic carbocycles. The largest absolute Gasteiger partial charge is 0.325 e. The molecule has 1 heterocycles. The highest BCUT2D eigenvalue weighted by Gasteiger charge is 2.14. The smallest absolute Gasteiger partial charge is 0.250 e. The van der Waals surface area contributed by atoms with Crippen molar-refractivity contribution in [1.82, 2.24) is 4.57 Å². The van der Waals surface area contributed by atoms with Gasteiger partial charge in [-0.05, 0) is 18.4 Å². The number of rotatable bonds is 4. The van der Waals surface area contributed by atoms with E-state index >= 15 is 0 Å². The van der Waals surface area contributed by atoms with Gasteiger partial charge < -0.3 is 9.88 Å². The number of aryl methyl sites for hydroxylation is 1. The molecule has 1 aliphatic carbocycles. The highest BCUT2D eigenvalue weighted by atomic mass is 16.1. The lowest BCUT2D eigenvalue weighted by Crippen LogP contribution is -2.18. The van der Waals surface area contributed by atoms with Crippen LogP contribution in [0.15, 0.2) is 23.1 Å². The van der Waals surface area contributed by atoms with Crippen molar-refractivity contribution in [3.05, 3.63) is 28.7 Å². The SMILES string of the molecule is Cn1cc(NC(=O)CCC2CCCCC2)ccc1=O. The van der Waals surface area contributed by atoms with E-state index in [-0.39, 0.29) is 11.5 Å². The molecule has 1 aliphatic rings. The van der Waals surface area contributed by atoms with Crippen molar-refractivity contribution in [1.29, 1.82) is 0 Å². The van der Waals surface area contributed by atoms with Crippen molar-refractivity contribution in [2.24, 2.45) is 13.0 Å². The summed E-state index contributed by atoms with van der Waals surface area (Å²) < 4.78 is 1.47. The molecule has 0 unspecified atom stereocenters. The third-order valence-corrected chi connectivity index (χ3v) is 3.87. The van der Waals surface area contributed by atoms with E-state index in [0.29, 0.717) is 12.1 Å². The van der Waals surface area contributed by atoms with Crippen LogP contribution in [0.3, 0.4) is 0 Å². The van der Waals surface area contributed by atoms with Gasteiger partial charge in [0.15, 0.2) is 0 Å². The van der Waals surface area contributed by atoms with Gasteiger partial charge in [-0.3, -0.25) is 9.59 Å². The average molecular weight is 262 g/mol. The van der Waals surface area contributed by atoms with Gasteiger partial charge in [-0.1, -0.05) is 32.1 Å². The third kappa shape index (κ3) is 4.23. The highest BCUT2D eigenvalue weighted by molar-refractivity contribution is 5.90. The summed E-state index contributed by atoms with van der Waals surface area (Å²) in [6, 6.07) is 3.12. The number of carbonyl (C=O) groups is 1. The molecule has 0 radical (unpaired) electrons. The van der Waals surface area contributed by atoms with Crippen LogP contribution in [0.25, 0.3) is 0 Å². The van der Waals surface area contributed by atoms with E-state index in [2.05, 4.69) is 5.32 Å². The molecule has 0 aliphatic heterocycles. The number of nitrogens with one attached hydrogen (secondary N) is 1. The second-order valence-electron chi connectivity index (χ2n) is 5.46. The number of carbonyl (C=O) groups excluding carboxylic acids is 1. The lowest BCUT2D eigenvalue weighted by atomic mass is 9.86. The number of anilines is 1. The predicted octanol–water partition coefficient (Wildman–Crippen LogP) is 2.68. The molecule has 1 saturated carbocycles. The second-order valence-corrected chi connectivity index (χ2v) is 5.46. The molecule has 1 aromatic rings. The maximum atomic E-state index is 11.9. The first-order valence-electron chi connectivity index (χ1n) is 7.11. The summed E-state index contributed by atoms with van der Waals surface area (Å²) in [6.07, 6.45) is 9.73. The molecule has 104 valence electrons. The minimum atomic E-state index is -0.0693. The van der Waals surface area contributed by atoms with Gasteiger partial charge in [-0.2, -0.15) is 0 Å². The van der Waals surface area contributed by atoms with E-state index in [1.54, 1.807) is 19.3 Å². The zero-order chi connectivity index (χ0) is 13.7. The normalized spacial score (nSPS) is 16.3. The molecule has 0 spiro atoms. The zero-order valence-corrected chi connectivity index (χ0v) is 11.5. The summed E-state index contributed by atoms with van der Waals surface area (Å²) in [5.74, 6) is 0.767. The molecule has 1 aromatic heterocycles. The standard InChI is InChI=1S/C15H22N2O2/c1-17-11-13(8-10-15(17)19)16-14(18)9-7-12-5-3-2-4-6-12/h8,10-12H,2-7,9H2,1H3,(H,16,18). The Morgan fingerprint density at radius 1 is 1.32 bits per heavy atom. The van der Waals surface area contributed by atoms with Crippen LogP contribution in [0.5, 0.6) is 0 Å². The number of pyridine rings is 1. The van der Waals surface area contributed by atoms with Crippen molar-refractivity contribution in [3.63, 3.8) is 0 Å². The van der Waals surface area contributed by atoms with Gasteiger partial charge in [-0.15, -0.1) is 0 Å². The number of hydrogen-bond acceptors (Lipinski definition) is 2. The molecule has 0 bridgehead atoms. The van der Waals surface area contributed by atoms with Crippen molar-refractivity contribution in [3.8, 4) is 0 Å². The van der Waals surface area contributed by atoms with Crippen LogP contribution in [0.4, 0.5) is 5.69 Å². The molecule has 0 saturated heterocycles. The quantitative estimate of drug-likeness (QED) is 0.907. The predicted molar refractivity (Wildman–Crippen MR) is 76.1 cm³/mol. The third-order valence-electron chi connectivity index (χ3n) is 3.87. The van der Waals surface area contributed by atoms with Gasteiger partial charge in [0, 0.05) is 25.7 Å². The molecule has 0 atom stereocenters. The fourth-order valence-corrected chi connectivity index (χ4v) is 2.70. The van der Waals surface area contributed by atoms with Gasteiger partial charge in [0.25, 0.3) is 0 Å². The van der Waals surface area contributed by atoms with E-state index in [4.69, 9.17) is 0 Å². The van der Waals surface area contributed by atoms with Crippen LogP contribution in [-0.2, 0) is 11.8 Å². The van der Waals surface area contributed by atoms with Gasteiger partial charge >= 0.3 is 0 Å². The lowest BCUT2D eigenvalue weighted by Gasteiger charge is -2.21. The monoisotopic (exact) mass is 262 g/mol. The molecule has 1 fully saturated rings. The fraction of sp³-hybridized carbons (Fsp3) is 0.600. The maximum Gasteiger partial charge on any atom is 0.250 e. The summed E-state index contributed by atoms with van der Waals surface area (Å²) in [6.45, 7) is 0. The summed E-state index contributed by atoms with van der Waals surface area (Å²) in [5.41, 5.74) is 0.621. The van der Waals surface area contributed by atoms with Crippen LogP contribution in [-0.4, -0.2) is 10.5 Å². The lowest BCUT2D eigenvalue weighted by molar-refractivity contribution is -0.116. The van der Waals surface area contributed by atoms with E-state index in [9.17, 15) is 9.59 Å². The first-order valence-corrected chi connectivity index (χ1v) is 7.11. The summed E-state index contributed by atoms with van der Waals surface area (Å²) in [4.78, 5) is 23.1. The van der Waals surface area contributed by atoms with Gasteiger partial charge in [0.1, 0.15) is 0 Å². The first-order chi connectivity index (χ1) is 9.15. The summed E-state index contributed by atoms with van der Waals surface area (Å²) in [7, 11) is 1.68. The van der Waals surface area contributed by atoms with Crippen molar-refractivity contribution in [2.75, 3.05) is 5.32 Å². The van der Waals surface area contributed by atoms with Crippen LogP contribution in [0, 0.1) is 5.92 Å². The van der Waals surface area contributed by atoms with Crippen molar-refractivity contribution in [2.45, 2.75) is 44.9 Å². The number of aromatic nitrogens is 1. The molecule has 2 rings (SSSR count). The second kappa shape index (κ2) is 6.55. The first kappa shape index (κ1) is 13.8. The Morgan fingerprint density at radius 3 is 2.74 bits per heavy atom. The van der Waals surface area contributed by atoms with E-state index in [1.165, 1.54) is 42.7 Å². The average Bonchev–Trinajstić information content (AvgIpc) is 2.42. The van der Waals surface area contributed by atoms with Crippen LogP contribution >= 0.6 is 0 Å². The highest BCUT2D eigenvalue weighted by Crippen LogP contribution is 2.27. The van der Waals surface area contributed by atoms with Crippen molar-refractivity contribution >= 4 is 11.6 Å². The Bertz CT molecular complexity index is 487. The van der Waals surface area contributed by atoms with Gasteiger partial charge in [0.2, 0.25) is 11.5 Å². The van der Waals surface area contributed by atoms with E-state index in [1.807, 2.05) is 0 Å². The molecular weight excluding hydrogens is 240 g/mol. The van der Waals surface area contributed by atoms with E-state index < -0.39 is 0 Å². The summed E-state index contributed by atoms with van der Waals surface area (Å²) in [5, 5.41) is 2.85. The Hall–Kier alpha value is -1.58. The Balaban J connectivity index is 1.80. The topological polar surface area (TPSA) is 51.1 Å². The zero-order valence-electron chi connectivity index (χ0n) is 11.5. The Morgan fingerprint density at radius 2 is 2.05 bits per heavy atom. The molecule has 4 heteroatoms. The Kier molecular flexibility index (Phi) is 4.77. The molecule has 1 amide bonds. The van der Waals surface area contributed by atoms with Crippen LogP contribution in [0.2, 0.25) is 0 Å². The maximum absolute atomic E-state index is 11.9. The number of amides is 1. The number of hydrogen-bond donors (Lipinski definition) is 1. The van der Waals surface area contributed by atoms with Crippen LogP contribution < -0.4 is 10.9 Å². The molecule has 1 N–H and O–H groups in total. The fourth-order valence-electron chi connectivity index (χ4n) is 2.70. The van der Waals surface area contributed by atoms with Crippen LogP contribution in [0.1, 0.15) is 44.9 Å². The summed E-state index contributed by atoms with van der Waals surface area (Å²) >= 11 is 0. The molecule has 4 nitrogen and oxygen atoms in total. The molecule has 19 heavy (non-hydrogen) atoms.